The molecule has 0 bridgehead atoms. The molecule has 1 N–H and O–H groups in total. The Balaban J connectivity index is 2.18. The Morgan fingerprint density at radius 2 is 1.84 bits per heavy atom. The van der Waals surface area contributed by atoms with Crippen molar-refractivity contribution in [2.75, 3.05) is 11.9 Å². The monoisotopic (exact) mass is 348 g/mol. The number of ether oxygens (including phenoxy) is 1. The lowest BCUT2D eigenvalue weighted by molar-refractivity contribution is -0.137. The molecule has 0 amide bonds. The van der Waals surface area contributed by atoms with Crippen LogP contribution in [0, 0.1) is 11.3 Å². The van der Waals surface area contributed by atoms with Gasteiger partial charge in [-0.15, -0.1) is 0 Å². The topological polar surface area (TPSA) is 45.0 Å². The fourth-order valence-electron chi connectivity index (χ4n) is 2.39. The normalized spacial score (nSPS) is 11.2. The van der Waals surface area contributed by atoms with E-state index in [1.807, 2.05) is 31.2 Å². The van der Waals surface area contributed by atoms with Crippen LogP contribution in [0.25, 0.3) is 0 Å². The molecule has 0 unspecified atom stereocenters. The second kappa shape index (κ2) is 8.54. The van der Waals surface area contributed by atoms with E-state index in [2.05, 4.69) is 5.32 Å². The molecular weight excluding hydrogens is 329 g/mol. The third kappa shape index (κ3) is 5.23. The summed E-state index contributed by atoms with van der Waals surface area (Å²) in [6.07, 6.45) is -3.63. The third-order valence-electron chi connectivity index (χ3n) is 3.65. The third-order valence-corrected chi connectivity index (χ3v) is 3.65. The van der Waals surface area contributed by atoms with E-state index in [0.29, 0.717) is 13.2 Å². The number of nitriles is 1. The van der Waals surface area contributed by atoms with Crippen LogP contribution in [0.5, 0.6) is 0 Å². The summed E-state index contributed by atoms with van der Waals surface area (Å²) in [6, 6.07) is 12.7. The van der Waals surface area contributed by atoms with Crippen molar-refractivity contribution in [3.05, 3.63) is 64.7 Å². The minimum atomic E-state index is -4.53. The highest BCUT2D eigenvalue weighted by atomic mass is 19.4. The minimum Gasteiger partial charge on any atom is -0.380 e. The number of nitrogens with one attached hydrogen (secondary N) is 1. The Morgan fingerprint density at radius 1 is 1.12 bits per heavy atom. The first kappa shape index (κ1) is 18.8. The molecule has 132 valence electrons. The quantitative estimate of drug-likeness (QED) is 0.707. The highest BCUT2D eigenvalue weighted by molar-refractivity contribution is 5.56. The number of halogens is 3. The molecule has 2 rings (SSSR count). The predicted octanol–water partition coefficient (Wildman–Crippen LogP) is 5.12. The van der Waals surface area contributed by atoms with E-state index in [4.69, 9.17) is 10.00 Å². The molecule has 0 spiro atoms. The standard InChI is InChI=1S/C19H19F3N2O/c1-2-9-25-13-16-6-4-3-5-15(16)12-24-18-8-7-14(11-23)10-17(18)19(20,21)22/h3-8,10,24H,2,9,12-13H2,1H3. The Kier molecular flexibility index (Phi) is 6.43. The summed E-state index contributed by atoms with van der Waals surface area (Å²) in [5.41, 5.74) is 0.898. The molecule has 2 aromatic rings. The van der Waals surface area contributed by atoms with Crippen LogP contribution >= 0.6 is 0 Å². The van der Waals surface area contributed by atoms with Crippen LogP contribution in [-0.2, 0) is 24.1 Å². The van der Waals surface area contributed by atoms with Crippen molar-refractivity contribution in [1.82, 2.24) is 0 Å². The maximum Gasteiger partial charge on any atom is 0.418 e. The molecule has 0 aliphatic heterocycles. The molecule has 0 fully saturated rings. The summed E-state index contributed by atoms with van der Waals surface area (Å²) in [6.45, 7) is 3.30. The number of rotatable bonds is 7. The van der Waals surface area contributed by atoms with Crippen LogP contribution < -0.4 is 5.32 Å². The first-order chi connectivity index (χ1) is 12.0. The van der Waals surface area contributed by atoms with Gasteiger partial charge in [-0.3, -0.25) is 0 Å². The first-order valence-electron chi connectivity index (χ1n) is 7.95. The molecule has 0 saturated carbocycles. The van der Waals surface area contributed by atoms with Gasteiger partial charge in [-0.2, -0.15) is 18.4 Å². The lowest BCUT2D eigenvalue weighted by Crippen LogP contribution is -2.12. The van der Waals surface area contributed by atoms with Gasteiger partial charge in [0.15, 0.2) is 0 Å². The van der Waals surface area contributed by atoms with Gasteiger partial charge in [0.05, 0.1) is 23.8 Å². The van der Waals surface area contributed by atoms with E-state index in [-0.39, 0.29) is 17.8 Å². The van der Waals surface area contributed by atoms with Gasteiger partial charge in [-0.25, -0.2) is 0 Å². The average molecular weight is 348 g/mol. The van der Waals surface area contributed by atoms with Gasteiger partial charge in [0.25, 0.3) is 0 Å². The van der Waals surface area contributed by atoms with Crippen LogP contribution in [0.4, 0.5) is 18.9 Å². The zero-order chi connectivity index (χ0) is 18.3. The van der Waals surface area contributed by atoms with Crippen LogP contribution in [-0.4, -0.2) is 6.61 Å². The van der Waals surface area contributed by atoms with E-state index in [0.717, 1.165) is 23.6 Å². The van der Waals surface area contributed by atoms with Crippen LogP contribution in [0.2, 0.25) is 0 Å². The number of benzene rings is 2. The zero-order valence-electron chi connectivity index (χ0n) is 13.9. The number of nitrogens with zero attached hydrogens (tertiary/aromatic N) is 1. The lowest BCUT2D eigenvalue weighted by atomic mass is 10.1. The summed E-state index contributed by atoms with van der Waals surface area (Å²) < 4.78 is 45.1. The Labute approximate surface area is 145 Å². The summed E-state index contributed by atoms with van der Waals surface area (Å²) in [7, 11) is 0. The Morgan fingerprint density at radius 3 is 2.48 bits per heavy atom. The van der Waals surface area contributed by atoms with Gasteiger partial charge < -0.3 is 10.1 Å². The molecule has 0 radical (unpaired) electrons. The van der Waals surface area contributed by atoms with E-state index in [1.165, 1.54) is 12.1 Å². The first-order valence-corrected chi connectivity index (χ1v) is 7.95. The van der Waals surface area contributed by atoms with E-state index < -0.39 is 11.7 Å². The molecule has 0 aliphatic carbocycles. The van der Waals surface area contributed by atoms with Crippen LogP contribution in [0.1, 0.15) is 35.6 Å². The van der Waals surface area contributed by atoms with Crippen molar-refractivity contribution in [3.63, 3.8) is 0 Å². The molecule has 25 heavy (non-hydrogen) atoms. The van der Waals surface area contributed by atoms with Crippen molar-refractivity contribution in [3.8, 4) is 6.07 Å². The lowest BCUT2D eigenvalue weighted by Gasteiger charge is -2.16. The molecule has 0 saturated heterocycles. The van der Waals surface area contributed by atoms with E-state index in [1.54, 1.807) is 6.07 Å². The van der Waals surface area contributed by atoms with Gasteiger partial charge in [0.1, 0.15) is 0 Å². The summed E-state index contributed by atoms with van der Waals surface area (Å²) in [4.78, 5) is 0. The molecule has 0 atom stereocenters. The SMILES string of the molecule is CCCOCc1ccccc1CNc1ccc(C#N)cc1C(F)(F)F. The maximum atomic E-state index is 13.2. The smallest absolute Gasteiger partial charge is 0.380 e. The van der Waals surface area contributed by atoms with E-state index >= 15 is 0 Å². The second-order valence-electron chi connectivity index (χ2n) is 5.54. The minimum absolute atomic E-state index is 0.0220. The number of anilines is 1. The largest absolute Gasteiger partial charge is 0.418 e. The van der Waals surface area contributed by atoms with Gasteiger partial charge in [0, 0.05) is 18.8 Å². The molecule has 0 aliphatic rings. The molecular formula is C19H19F3N2O. The summed E-state index contributed by atoms with van der Waals surface area (Å²) >= 11 is 0. The molecule has 0 heterocycles. The Bertz CT molecular complexity index is 751. The summed E-state index contributed by atoms with van der Waals surface area (Å²) in [5, 5.41) is 11.6. The highest BCUT2D eigenvalue weighted by Crippen LogP contribution is 2.35. The van der Waals surface area contributed by atoms with Crippen LogP contribution in [0.15, 0.2) is 42.5 Å². The molecule has 3 nitrogen and oxygen atoms in total. The van der Waals surface area contributed by atoms with Gasteiger partial charge in [-0.05, 0) is 35.7 Å². The number of hydrogen-bond acceptors (Lipinski definition) is 3. The van der Waals surface area contributed by atoms with Crippen molar-refractivity contribution < 1.29 is 17.9 Å². The number of alkyl halides is 3. The Hall–Kier alpha value is -2.52. The van der Waals surface area contributed by atoms with Crippen molar-refractivity contribution in [2.24, 2.45) is 0 Å². The van der Waals surface area contributed by atoms with Crippen molar-refractivity contribution >= 4 is 5.69 Å². The molecule has 2 aromatic carbocycles. The van der Waals surface area contributed by atoms with E-state index in [9.17, 15) is 13.2 Å². The average Bonchev–Trinajstić information content (AvgIpc) is 2.60. The van der Waals surface area contributed by atoms with Crippen LogP contribution in [0.3, 0.4) is 0 Å². The fraction of sp³-hybridized carbons (Fsp3) is 0.316. The molecule has 0 aromatic heterocycles. The zero-order valence-corrected chi connectivity index (χ0v) is 13.9. The number of hydrogen-bond donors (Lipinski definition) is 1. The highest BCUT2D eigenvalue weighted by Gasteiger charge is 2.33. The van der Waals surface area contributed by atoms with Crippen molar-refractivity contribution in [1.29, 1.82) is 5.26 Å². The predicted molar refractivity (Wildman–Crippen MR) is 89.9 cm³/mol. The second-order valence-corrected chi connectivity index (χ2v) is 5.54. The van der Waals surface area contributed by atoms with Gasteiger partial charge in [-0.1, -0.05) is 31.2 Å². The fourth-order valence-corrected chi connectivity index (χ4v) is 2.39. The van der Waals surface area contributed by atoms with Gasteiger partial charge in [0.2, 0.25) is 0 Å². The maximum absolute atomic E-state index is 13.2. The van der Waals surface area contributed by atoms with Crippen molar-refractivity contribution in [2.45, 2.75) is 32.7 Å². The summed E-state index contributed by atoms with van der Waals surface area (Å²) in [5.74, 6) is 0. The van der Waals surface area contributed by atoms with Gasteiger partial charge >= 0.3 is 6.18 Å². The molecule has 6 heteroatoms.